The molecule has 2 aliphatic heterocycles. The summed E-state index contributed by atoms with van der Waals surface area (Å²) in [4.78, 5) is 16.9. The van der Waals surface area contributed by atoms with E-state index in [2.05, 4.69) is 34.6 Å². The van der Waals surface area contributed by atoms with E-state index >= 15 is 0 Å². The van der Waals surface area contributed by atoms with Gasteiger partial charge in [-0.1, -0.05) is 0 Å². The van der Waals surface area contributed by atoms with Crippen LogP contribution < -0.4 is 14.5 Å². The number of aryl methyl sites for hydroxylation is 1. The third-order valence-corrected chi connectivity index (χ3v) is 9.06. The van der Waals surface area contributed by atoms with Gasteiger partial charge in [0.15, 0.2) is 0 Å². The van der Waals surface area contributed by atoms with Crippen molar-refractivity contribution in [2.75, 3.05) is 53.1 Å². The summed E-state index contributed by atoms with van der Waals surface area (Å²) in [6.07, 6.45) is 4.74. The Morgan fingerprint density at radius 1 is 1.10 bits per heavy atom. The monoisotopic (exact) mass is 550 g/mol. The number of rotatable bonds is 8. The number of aliphatic hydroxyl groups excluding tert-OH is 1. The highest BCUT2D eigenvalue weighted by atomic mass is 32.2. The zero-order chi connectivity index (χ0) is 27.2. The van der Waals surface area contributed by atoms with Crippen LogP contribution in [0.15, 0.2) is 28.7 Å². The van der Waals surface area contributed by atoms with Crippen LogP contribution in [0.5, 0.6) is 0 Å². The van der Waals surface area contributed by atoms with Gasteiger partial charge in [-0.15, -0.1) is 10.2 Å². The van der Waals surface area contributed by atoms with Gasteiger partial charge < -0.3 is 24.2 Å². The zero-order valence-corrected chi connectivity index (χ0v) is 22.5. The topological polar surface area (TPSA) is 142 Å². The molecule has 0 bridgehead atoms. The molecule has 1 aromatic carbocycles. The molecule has 3 aromatic rings. The lowest BCUT2D eigenvalue weighted by Crippen LogP contribution is -2.50. The lowest BCUT2D eigenvalue weighted by Gasteiger charge is -2.35. The maximum Gasteiger partial charge on any atom is 0.266 e. The van der Waals surface area contributed by atoms with Crippen LogP contribution in [0.2, 0.25) is 0 Å². The SMILES string of the molecule is [C-]#[N+]C1CN(c2nc(C)cc(-c3nnc(-c4ccc(NS(=O)(=O)CCO)cc4N4CCC5(CC4)CC5)o3)n2)C1. The van der Waals surface area contributed by atoms with E-state index in [9.17, 15) is 8.42 Å². The summed E-state index contributed by atoms with van der Waals surface area (Å²) in [5.74, 6) is 0.728. The molecule has 2 aromatic heterocycles. The molecule has 1 spiro atoms. The van der Waals surface area contributed by atoms with E-state index in [1.165, 1.54) is 12.8 Å². The number of benzene rings is 1. The van der Waals surface area contributed by atoms with Crippen molar-refractivity contribution in [3.8, 4) is 23.0 Å². The molecule has 0 unspecified atom stereocenters. The van der Waals surface area contributed by atoms with Gasteiger partial charge in [-0.25, -0.2) is 25.0 Å². The van der Waals surface area contributed by atoms with Gasteiger partial charge in [-0.05, 0) is 62.3 Å². The Kier molecular flexibility index (Phi) is 6.39. The van der Waals surface area contributed by atoms with Gasteiger partial charge in [-0.2, -0.15) is 0 Å². The van der Waals surface area contributed by atoms with Crippen molar-refractivity contribution in [3.05, 3.63) is 41.4 Å². The first-order chi connectivity index (χ1) is 18.8. The molecule has 13 heteroatoms. The fraction of sp³-hybridized carbons (Fsp3) is 0.500. The van der Waals surface area contributed by atoms with Crippen LogP contribution in [0.25, 0.3) is 27.9 Å². The Morgan fingerprint density at radius 3 is 2.54 bits per heavy atom. The lowest BCUT2D eigenvalue weighted by atomic mass is 9.93. The van der Waals surface area contributed by atoms with Crippen LogP contribution >= 0.6 is 0 Å². The number of nitrogens with zero attached hydrogens (tertiary/aromatic N) is 7. The molecule has 2 N–H and O–H groups in total. The minimum atomic E-state index is -3.67. The number of anilines is 3. The molecule has 4 heterocycles. The molecule has 6 rings (SSSR count). The van der Waals surface area contributed by atoms with E-state index in [0.717, 1.165) is 37.3 Å². The lowest BCUT2D eigenvalue weighted by molar-refractivity contribution is 0.320. The number of hydrogen-bond acceptors (Lipinski definition) is 10. The Morgan fingerprint density at radius 2 is 1.85 bits per heavy atom. The van der Waals surface area contributed by atoms with E-state index in [1.807, 2.05) is 11.8 Å². The Bertz CT molecular complexity index is 1530. The predicted molar refractivity (Wildman–Crippen MR) is 146 cm³/mol. The predicted octanol–water partition coefficient (Wildman–Crippen LogP) is 2.72. The Hall–Kier alpha value is -3.76. The van der Waals surface area contributed by atoms with Crippen molar-refractivity contribution < 1.29 is 17.9 Å². The van der Waals surface area contributed by atoms with Gasteiger partial charge in [0.25, 0.3) is 11.9 Å². The fourth-order valence-corrected chi connectivity index (χ4v) is 6.06. The largest absolute Gasteiger partial charge is 0.415 e. The Labute approximate surface area is 227 Å². The first kappa shape index (κ1) is 25.5. The second-order valence-corrected chi connectivity index (χ2v) is 12.5. The Balaban J connectivity index is 1.31. The van der Waals surface area contributed by atoms with Crippen LogP contribution in [0.4, 0.5) is 17.3 Å². The van der Waals surface area contributed by atoms with Gasteiger partial charge in [0, 0.05) is 18.8 Å². The maximum atomic E-state index is 12.3. The van der Waals surface area contributed by atoms with Crippen LogP contribution in [0, 0.1) is 18.9 Å². The van der Waals surface area contributed by atoms with Gasteiger partial charge in [0.05, 0.1) is 42.4 Å². The molecule has 0 radical (unpaired) electrons. The van der Waals surface area contributed by atoms with Crippen molar-refractivity contribution in [1.82, 2.24) is 20.2 Å². The fourth-order valence-electron chi connectivity index (χ4n) is 5.23. The van der Waals surface area contributed by atoms with Crippen molar-refractivity contribution in [1.29, 1.82) is 0 Å². The van der Waals surface area contributed by atoms with E-state index in [-0.39, 0.29) is 17.7 Å². The molecule has 2 saturated heterocycles. The highest BCUT2D eigenvalue weighted by molar-refractivity contribution is 7.92. The summed E-state index contributed by atoms with van der Waals surface area (Å²) in [6.45, 7) is 11.5. The molecule has 1 aliphatic carbocycles. The summed E-state index contributed by atoms with van der Waals surface area (Å²) in [5.41, 5.74) is 3.67. The maximum absolute atomic E-state index is 12.3. The van der Waals surface area contributed by atoms with Crippen molar-refractivity contribution in [2.24, 2.45) is 5.41 Å². The normalized spacial score (nSPS) is 18.6. The molecule has 3 aliphatic rings. The van der Waals surface area contributed by atoms with E-state index < -0.39 is 16.6 Å². The highest BCUT2D eigenvalue weighted by Crippen LogP contribution is 2.54. The van der Waals surface area contributed by atoms with Gasteiger partial charge in [-0.3, -0.25) is 4.72 Å². The summed E-state index contributed by atoms with van der Waals surface area (Å²) < 4.78 is 33.3. The van der Waals surface area contributed by atoms with Crippen LogP contribution in [0.3, 0.4) is 0 Å². The van der Waals surface area contributed by atoms with Gasteiger partial charge in [0.2, 0.25) is 21.9 Å². The van der Waals surface area contributed by atoms with Gasteiger partial charge >= 0.3 is 0 Å². The molecule has 0 atom stereocenters. The third kappa shape index (κ3) is 5.26. The number of hydrogen-bond donors (Lipinski definition) is 2. The van der Waals surface area contributed by atoms with Crippen LogP contribution in [-0.4, -0.2) is 78.3 Å². The van der Waals surface area contributed by atoms with Crippen LogP contribution in [-0.2, 0) is 10.0 Å². The zero-order valence-electron chi connectivity index (χ0n) is 21.7. The molecule has 12 nitrogen and oxygen atoms in total. The molecule has 1 saturated carbocycles. The van der Waals surface area contributed by atoms with Crippen molar-refractivity contribution >= 4 is 27.3 Å². The summed E-state index contributed by atoms with van der Waals surface area (Å²) in [5, 5.41) is 17.7. The third-order valence-electron chi connectivity index (χ3n) is 7.80. The molecule has 204 valence electrons. The van der Waals surface area contributed by atoms with Crippen LogP contribution in [0.1, 0.15) is 31.4 Å². The number of nitrogens with one attached hydrogen (secondary N) is 1. The summed E-state index contributed by atoms with van der Waals surface area (Å²) in [6, 6.07) is 6.99. The summed E-state index contributed by atoms with van der Waals surface area (Å²) in [7, 11) is -3.67. The summed E-state index contributed by atoms with van der Waals surface area (Å²) >= 11 is 0. The number of sulfonamides is 1. The minimum absolute atomic E-state index is 0.0355. The van der Waals surface area contributed by atoms with Crippen molar-refractivity contribution in [3.63, 3.8) is 0 Å². The number of piperidine rings is 1. The minimum Gasteiger partial charge on any atom is -0.415 e. The molecule has 3 fully saturated rings. The second kappa shape index (κ2) is 9.77. The molecule has 0 amide bonds. The first-order valence-electron chi connectivity index (χ1n) is 13.1. The first-order valence-corrected chi connectivity index (χ1v) is 14.7. The molecule has 39 heavy (non-hydrogen) atoms. The van der Waals surface area contributed by atoms with Gasteiger partial charge in [0.1, 0.15) is 5.69 Å². The molecular formula is C26H30N8O4S. The standard InChI is InChI=1S/C26H30N8O4S/c1-17-13-21(29-25(28-17)34-15-19(16-34)27-2)24-31-30-23(38-24)20-4-3-18(32-39(36,37)12-11-35)14-22(20)33-9-7-26(5-6-26)8-10-33/h3-4,13-14,19,32,35H,5-12,15-16H2,1H3. The number of aliphatic hydroxyl groups is 1. The highest BCUT2D eigenvalue weighted by Gasteiger charge is 2.44. The molecular weight excluding hydrogens is 520 g/mol. The smallest absolute Gasteiger partial charge is 0.266 e. The van der Waals surface area contributed by atoms with E-state index in [4.69, 9.17) is 16.1 Å². The second-order valence-electron chi connectivity index (χ2n) is 10.7. The average molecular weight is 551 g/mol. The van der Waals surface area contributed by atoms with E-state index in [0.29, 0.717) is 47.3 Å². The van der Waals surface area contributed by atoms with E-state index in [1.54, 1.807) is 24.3 Å². The number of aromatic nitrogens is 4. The average Bonchev–Trinajstić information content (AvgIpc) is 3.43. The quantitative estimate of drug-likeness (QED) is 0.402. The van der Waals surface area contributed by atoms with Crippen molar-refractivity contribution in [2.45, 2.75) is 38.6 Å².